The van der Waals surface area contributed by atoms with Crippen LogP contribution in [-0.4, -0.2) is 132 Å². The van der Waals surface area contributed by atoms with Gasteiger partial charge in [0.25, 0.3) is 11.8 Å². The number of aromatic amines is 2. The minimum absolute atomic E-state index is 0.00387. The molecule has 1 fully saturated rings. The van der Waals surface area contributed by atoms with Crippen LogP contribution in [0.25, 0.3) is 22.8 Å². The number of aromatic nitrogens is 3. The highest BCUT2D eigenvalue weighted by molar-refractivity contribution is 6.35. The van der Waals surface area contributed by atoms with E-state index in [1.807, 2.05) is 44.2 Å². The summed E-state index contributed by atoms with van der Waals surface area (Å²) in [7, 11) is 1.56. The van der Waals surface area contributed by atoms with E-state index in [0.717, 1.165) is 81.0 Å². The van der Waals surface area contributed by atoms with E-state index < -0.39 is 18.0 Å². The van der Waals surface area contributed by atoms with Crippen molar-refractivity contribution in [3.05, 3.63) is 119 Å². The normalized spacial score (nSPS) is 13.9. The molecular weight excluding hydrogens is 895 g/mol. The molecule has 2 aliphatic heterocycles. The molecule has 4 amide bonds. The van der Waals surface area contributed by atoms with E-state index in [0.29, 0.717) is 69.7 Å². The van der Waals surface area contributed by atoms with Crippen LogP contribution in [-0.2, 0) is 25.7 Å². The first-order valence-electron chi connectivity index (χ1n) is 23.5. The number of likely N-dealkylation sites (tertiary alicyclic amines) is 1. The van der Waals surface area contributed by atoms with Crippen LogP contribution < -0.4 is 30.2 Å². The number of esters is 2. The standard InChI is InChI=1S/C52H61N9O9/c1-6-59(7-2)22-19-53-51(65)49-34(3)45(56-35(49)4)30-42-41-29-40(14-16-43(41)57-50(42)64)70-48(63)18-17-47(62)69-26-24-61(33-36-11-10-12-39(27-36)67-5)52(66)58-44-15-13-37(38-31-54-55-32-38)28-46(44)68-25-23-60-20-8-9-21-60/h10-18,27-32,56H,6-9,19-26,33H2,1-5H3,(H,53,65)(H,54,55)(H,57,64)(H,58,66)/b18-17-,42-30-. The van der Waals surface area contributed by atoms with Gasteiger partial charge in [-0.25, -0.2) is 14.4 Å². The number of benzene rings is 3. The summed E-state index contributed by atoms with van der Waals surface area (Å²) in [5.74, 6) is -1.00. The van der Waals surface area contributed by atoms with Gasteiger partial charge >= 0.3 is 18.0 Å². The van der Waals surface area contributed by atoms with Gasteiger partial charge in [0.2, 0.25) is 0 Å². The molecule has 0 bridgehead atoms. The number of fused-ring (bicyclic) bond motifs is 1. The molecule has 70 heavy (non-hydrogen) atoms. The van der Waals surface area contributed by atoms with Crippen LogP contribution in [0.2, 0.25) is 0 Å². The highest BCUT2D eigenvalue weighted by Gasteiger charge is 2.27. The van der Waals surface area contributed by atoms with Crippen molar-refractivity contribution in [3.63, 3.8) is 0 Å². The molecule has 0 unspecified atom stereocenters. The monoisotopic (exact) mass is 955 g/mol. The SMILES string of the molecule is CCN(CC)CCNC(=O)c1c(C)[nH]c(/C=C2\C(=O)Nc3ccc(OC(=O)/C=C\C(=O)OCCN(Cc4cccc(OC)c4)C(=O)Nc4ccc(-c5cn[nH]c5)cc4OCCN4CCCC4)cc32)c1C. The lowest BCUT2D eigenvalue weighted by atomic mass is 10.0. The second-order valence-corrected chi connectivity index (χ2v) is 16.9. The molecule has 0 aliphatic carbocycles. The van der Waals surface area contributed by atoms with Crippen LogP contribution in [0.5, 0.6) is 17.2 Å². The van der Waals surface area contributed by atoms with Crippen molar-refractivity contribution < 1.29 is 42.9 Å². The van der Waals surface area contributed by atoms with Gasteiger partial charge in [0.15, 0.2) is 0 Å². The average molecular weight is 956 g/mol. The van der Waals surface area contributed by atoms with Crippen LogP contribution in [0, 0.1) is 13.8 Å². The summed E-state index contributed by atoms with van der Waals surface area (Å²) in [5.41, 5.74) is 6.75. The number of carbonyl (C=O) groups is 5. The molecule has 0 saturated carbocycles. The van der Waals surface area contributed by atoms with Gasteiger partial charge in [-0.15, -0.1) is 0 Å². The molecule has 3 aromatic carbocycles. The van der Waals surface area contributed by atoms with E-state index in [-0.39, 0.29) is 37.3 Å². The summed E-state index contributed by atoms with van der Waals surface area (Å²) in [4.78, 5) is 75.5. The molecular formula is C52H61N9O9. The summed E-state index contributed by atoms with van der Waals surface area (Å²) in [6, 6.07) is 17.1. The number of likely N-dealkylation sites (N-methyl/N-ethyl adjacent to an activating group) is 1. The van der Waals surface area contributed by atoms with Gasteiger partial charge in [-0.05, 0) is 118 Å². The summed E-state index contributed by atoms with van der Waals surface area (Å²) in [5, 5.41) is 15.7. The number of anilines is 2. The third kappa shape index (κ3) is 13.1. The van der Waals surface area contributed by atoms with E-state index in [4.69, 9.17) is 18.9 Å². The quantitative estimate of drug-likeness (QED) is 0.0275. The summed E-state index contributed by atoms with van der Waals surface area (Å²) in [6.45, 7) is 14.0. The first-order valence-corrected chi connectivity index (χ1v) is 23.5. The Morgan fingerprint density at radius 3 is 2.46 bits per heavy atom. The minimum Gasteiger partial charge on any atom is -0.497 e. The Morgan fingerprint density at radius 1 is 0.900 bits per heavy atom. The second-order valence-electron chi connectivity index (χ2n) is 16.9. The number of amides is 4. The molecule has 5 aromatic rings. The molecule has 0 atom stereocenters. The van der Waals surface area contributed by atoms with Crippen molar-refractivity contribution in [1.29, 1.82) is 0 Å². The highest BCUT2D eigenvalue weighted by atomic mass is 16.5. The van der Waals surface area contributed by atoms with E-state index in [1.54, 1.807) is 49.8 Å². The number of urea groups is 1. The predicted octanol–water partition coefficient (Wildman–Crippen LogP) is 6.81. The molecule has 7 rings (SSSR count). The number of H-pyrrole nitrogens is 2. The third-order valence-corrected chi connectivity index (χ3v) is 12.3. The maximum absolute atomic E-state index is 14.0. The topological polar surface area (TPSA) is 213 Å². The van der Waals surface area contributed by atoms with Crippen LogP contribution in [0.15, 0.2) is 85.2 Å². The maximum Gasteiger partial charge on any atom is 0.336 e. The van der Waals surface area contributed by atoms with Crippen LogP contribution in [0.3, 0.4) is 0 Å². The first kappa shape index (κ1) is 50.2. The lowest BCUT2D eigenvalue weighted by molar-refractivity contribution is -0.138. The zero-order chi connectivity index (χ0) is 49.6. The Labute approximate surface area is 407 Å². The second kappa shape index (κ2) is 24.0. The number of hydrogen-bond donors (Lipinski definition) is 5. The lowest BCUT2D eigenvalue weighted by Gasteiger charge is -2.24. The van der Waals surface area contributed by atoms with Crippen molar-refractivity contribution in [2.75, 3.05) is 83.3 Å². The van der Waals surface area contributed by atoms with Crippen molar-refractivity contribution >= 4 is 52.8 Å². The van der Waals surface area contributed by atoms with Crippen molar-refractivity contribution in [2.24, 2.45) is 0 Å². The number of carbonyl (C=O) groups excluding carboxylic acids is 5. The van der Waals surface area contributed by atoms with Gasteiger partial charge in [-0.3, -0.25) is 19.6 Å². The Bertz CT molecular complexity index is 2720. The fourth-order valence-electron chi connectivity index (χ4n) is 8.39. The summed E-state index contributed by atoms with van der Waals surface area (Å²) >= 11 is 0. The third-order valence-electron chi connectivity index (χ3n) is 12.3. The number of rotatable bonds is 22. The molecule has 0 radical (unpaired) electrons. The Hall–Kier alpha value is -7.70. The number of methoxy groups -OCH3 is 1. The maximum atomic E-state index is 14.0. The van der Waals surface area contributed by atoms with E-state index >= 15 is 0 Å². The van der Waals surface area contributed by atoms with Gasteiger partial charge in [0.05, 0.1) is 36.7 Å². The molecule has 4 heterocycles. The molecule has 368 valence electrons. The van der Waals surface area contributed by atoms with Crippen LogP contribution in [0.1, 0.15) is 65.1 Å². The molecule has 18 nitrogen and oxygen atoms in total. The van der Waals surface area contributed by atoms with Crippen molar-refractivity contribution in [2.45, 2.75) is 47.1 Å². The molecule has 1 saturated heterocycles. The Morgan fingerprint density at radius 2 is 1.70 bits per heavy atom. The van der Waals surface area contributed by atoms with Gasteiger partial charge < -0.3 is 49.7 Å². The molecule has 18 heteroatoms. The van der Waals surface area contributed by atoms with Crippen molar-refractivity contribution in [3.8, 4) is 28.4 Å². The minimum atomic E-state index is -0.858. The fourth-order valence-corrected chi connectivity index (χ4v) is 8.39. The largest absolute Gasteiger partial charge is 0.497 e. The lowest BCUT2D eigenvalue weighted by Crippen LogP contribution is -2.37. The molecule has 2 aliphatic rings. The average Bonchev–Trinajstić information content (AvgIpc) is 4.19. The zero-order valence-corrected chi connectivity index (χ0v) is 40.3. The van der Waals surface area contributed by atoms with Crippen LogP contribution >= 0.6 is 0 Å². The highest BCUT2D eigenvalue weighted by Crippen LogP contribution is 2.37. The van der Waals surface area contributed by atoms with E-state index in [2.05, 4.69) is 54.8 Å². The molecule has 5 N–H and O–H groups in total. The van der Waals surface area contributed by atoms with E-state index in [1.165, 1.54) is 11.0 Å². The zero-order valence-electron chi connectivity index (χ0n) is 40.3. The number of hydrogen-bond acceptors (Lipinski definition) is 12. The van der Waals surface area contributed by atoms with Gasteiger partial charge in [-0.1, -0.05) is 32.0 Å². The van der Waals surface area contributed by atoms with Crippen molar-refractivity contribution in [1.82, 2.24) is 35.2 Å². The fraction of sp³-hybridized carbons (Fsp3) is 0.346. The molecule has 2 aromatic heterocycles. The van der Waals surface area contributed by atoms with Crippen LogP contribution in [0.4, 0.5) is 16.2 Å². The first-order chi connectivity index (χ1) is 33.9. The number of aryl methyl sites for hydroxylation is 1. The predicted molar refractivity (Wildman–Crippen MR) is 267 cm³/mol. The van der Waals surface area contributed by atoms with Gasteiger partial charge in [0.1, 0.15) is 30.5 Å². The Kier molecular flexibility index (Phi) is 17.2. The smallest absolute Gasteiger partial charge is 0.336 e. The van der Waals surface area contributed by atoms with E-state index in [9.17, 15) is 24.0 Å². The summed E-state index contributed by atoms with van der Waals surface area (Å²) < 4.78 is 22.7. The summed E-state index contributed by atoms with van der Waals surface area (Å²) in [6.07, 6.45) is 9.37. The van der Waals surface area contributed by atoms with Gasteiger partial charge in [-0.2, -0.15) is 5.10 Å². The van der Waals surface area contributed by atoms with Gasteiger partial charge in [0, 0.05) is 72.7 Å². The molecule has 0 spiro atoms. The number of ether oxygens (including phenoxy) is 4. The Balaban J connectivity index is 0.972. The number of nitrogens with one attached hydrogen (secondary N) is 5. The number of nitrogens with zero attached hydrogens (tertiary/aromatic N) is 4.